The van der Waals surface area contributed by atoms with Crippen LogP contribution in [0.5, 0.6) is 0 Å². The fourth-order valence-electron chi connectivity index (χ4n) is 1.92. The van der Waals surface area contributed by atoms with Crippen LogP contribution in [0.4, 0.5) is 10.1 Å². The van der Waals surface area contributed by atoms with Crippen molar-refractivity contribution in [3.8, 4) is 0 Å². The van der Waals surface area contributed by atoms with Gasteiger partial charge in [-0.15, -0.1) is 0 Å². The molecule has 5 heteroatoms. The highest BCUT2D eigenvalue weighted by Crippen LogP contribution is 2.23. The molecule has 19 heavy (non-hydrogen) atoms. The molecule has 0 spiro atoms. The summed E-state index contributed by atoms with van der Waals surface area (Å²) < 4.78 is 13.7. The van der Waals surface area contributed by atoms with Crippen LogP contribution < -0.4 is 4.90 Å². The van der Waals surface area contributed by atoms with Gasteiger partial charge in [-0.05, 0) is 19.1 Å². The highest BCUT2D eigenvalue weighted by molar-refractivity contribution is 5.99. The van der Waals surface area contributed by atoms with Crippen molar-refractivity contribution in [2.24, 2.45) is 0 Å². The van der Waals surface area contributed by atoms with E-state index in [0.29, 0.717) is 12.2 Å². The van der Waals surface area contributed by atoms with Gasteiger partial charge in [0.25, 0.3) is 0 Å². The molecule has 4 nitrogen and oxygen atoms in total. The largest absolute Gasteiger partial charge is 0.368 e. The van der Waals surface area contributed by atoms with Crippen LogP contribution in [-0.4, -0.2) is 22.8 Å². The third kappa shape index (κ3) is 2.93. The third-order valence-corrected chi connectivity index (χ3v) is 2.77. The van der Waals surface area contributed by atoms with Crippen molar-refractivity contribution in [2.45, 2.75) is 13.5 Å². The molecule has 0 fully saturated rings. The van der Waals surface area contributed by atoms with E-state index >= 15 is 0 Å². The Labute approximate surface area is 110 Å². The number of ketones is 1. The molecule has 0 N–H and O–H groups in total. The zero-order valence-corrected chi connectivity index (χ0v) is 10.8. The summed E-state index contributed by atoms with van der Waals surface area (Å²) in [7, 11) is 1.79. The van der Waals surface area contributed by atoms with Gasteiger partial charge >= 0.3 is 0 Å². The van der Waals surface area contributed by atoms with Crippen LogP contribution in [0.15, 0.2) is 36.8 Å². The Morgan fingerprint density at radius 2 is 2.16 bits per heavy atom. The first-order valence-electron chi connectivity index (χ1n) is 5.85. The second kappa shape index (κ2) is 5.56. The molecule has 0 unspecified atom stereocenters. The first-order valence-corrected chi connectivity index (χ1v) is 5.85. The second-order valence-corrected chi connectivity index (χ2v) is 4.24. The molecule has 0 radical (unpaired) electrons. The number of benzene rings is 1. The molecule has 2 rings (SSSR count). The van der Waals surface area contributed by atoms with E-state index < -0.39 is 5.82 Å². The van der Waals surface area contributed by atoms with E-state index in [1.807, 2.05) is 0 Å². The van der Waals surface area contributed by atoms with E-state index in [1.54, 1.807) is 42.7 Å². The van der Waals surface area contributed by atoms with Crippen LogP contribution in [-0.2, 0) is 6.54 Å². The Morgan fingerprint density at radius 3 is 2.79 bits per heavy atom. The molecular weight excluding hydrogens is 245 g/mol. The number of carbonyl (C=O) groups excluding carboxylic acids is 1. The van der Waals surface area contributed by atoms with Crippen molar-refractivity contribution in [3.05, 3.63) is 53.9 Å². The lowest BCUT2D eigenvalue weighted by molar-refractivity contribution is 0.101. The van der Waals surface area contributed by atoms with Gasteiger partial charge in [0.15, 0.2) is 5.78 Å². The van der Waals surface area contributed by atoms with Gasteiger partial charge in [-0.2, -0.15) is 0 Å². The molecule has 0 saturated carbocycles. The minimum absolute atomic E-state index is 0.105. The normalized spacial score (nSPS) is 10.3. The van der Waals surface area contributed by atoms with Crippen LogP contribution in [0.3, 0.4) is 0 Å². The summed E-state index contributed by atoms with van der Waals surface area (Å²) in [5.74, 6) is -0.796. The maximum absolute atomic E-state index is 13.7. The summed E-state index contributed by atoms with van der Waals surface area (Å²) >= 11 is 0. The Bertz CT molecular complexity index is 586. The van der Waals surface area contributed by atoms with Crippen molar-refractivity contribution in [1.29, 1.82) is 0 Å². The van der Waals surface area contributed by atoms with E-state index in [2.05, 4.69) is 9.97 Å². The van der Waals surface area contributed by atoms with Gasteiger partial charge in [-0.25, -0.2) is 4.39 Å². The summed E-state index contributed by atoms with van der Waals surface area (Å²) in [6.07, 6.45) is 4.83. The number of hydrogen-bond acceptors (Lipinski definition) is 4. The summed E-state index contributed by atoms with van der Waals surface area (Å²) in [6, 6.07) is 4.59. The van der Waals surface area contributed by atoms with Crippen LogP contribution in [0, 0.1) is 5.82 Å². The average Bonchev–Trinajstić information content (AvgIpc) is 2.39. The van der Waals surface area contributed by atoms with Gasteiger partial charge in [0.2, 0.25) is 0 Å². The zero-order chi connectivity index (χ0) is 13.8. The summed E-state index contributed by atoms with van der Waals surface area (Å²) in [4.78, 5) is 21.5. The summed E-state index contributed by atoms with van der Waals surface area (Å²) in [6.45, 7) is 1.82. The number of carbonyl (C=O) groups is 1. The number of Topliss-reactive ketones (excluding diaryl/α,β-unsaturated/α-hetero) is 1. The predicted octanol–water partition coefficient (Wildman–Crippen LogP) is 2.45. The van der Waals surface area contributed by atoms with Gasteiger partial charge in [-0.1, -0.05) is 6.07 Å². The number of hydrogen-bond donors (Lipinski definition) is 0. The van der Waals surface area contributed by atoms with Gasteiger partial charge in [0, 0.05) is 19.4 Å². The molecular formula is C14H14FN3O. The molecule has 0 bridgehead atoms. The fraction of sp³-hybridized carbons (Fsp3) is 0.214. The van der Waals surface area contributed by atoms with Crippen molar-refractivity contribution in [2.75, 3.05) is 11.9 Å². The minimum atomic E-state index is -0.504. The molecule has 0 saturated heterocycles. The highest BCUT2D eigenvalue weighted by atomic mass is 19.1. The molecule has 0 aliphatic rings. The Balaban J connectivity index is 2.31. The average molecular weight is 259 g/mol. The minimum Gasteiger partial charge on any atom is -0.368 e. The standard InChI is InChI=1S/C14H14FN3O/c1-10(19)14-12(15)4-3-5-13(14)18(2)9-11-8-16-6-7-17-11/h3-8H,9H2,1-2H3. The van der Waals surface area contributed by atoms with Gasteiger partial charge in [0.1, 0.15) is 5.82 Å². The lowest BCUT2D eigenvalue weighted by atomic mass is 10.1. The molecule has 1 aromatic carbocycles. The second-order valence-electron chi connectivity index (χ2n) is 4.24. The van der Waals surface area contributed by atoms with Gasteiger partial charge in [-0.3, -0.25) is 14.8 Å². The zero-order valence-electron chi connectivity index (χ0n) is 10.8. The van der Waals surface area contributed by atoms with E-state index in [1.165, 1.54) is 13.0 Å². The third-order valence-electron chi connectivity index (χ3n) is 2.77. The van der Waals surface area contributed by atoms with Crippen LogP contribution >= 0.6 is 0 Å². The maximum Gasteiger partial charge on any atom is 0.164 e. The van der Waals surface area contributed by atoms with Crippen LogP contribution in [0.25, 0.3) is 0 Å². The molecule has 0 aliphatic heterocycles. The first-order chi connectivity index (χ1) is 9.09. The van der Waals surface area contributed by atoms with Gasteiger partial charge < -0.3 is 4.90 Å². The van der Waals surface area contributed by atoms with E-state index in [9.17, 15) is 9.18 Å². The lowest BCUT2D eigenvalue weighted by Crippen LogP contribution is -2.20. The maximum atomic E-state index is 13.7. The van der Waals surface area contributed by atoms with Crippen molar-refractivity contribution in [3.63, 3.8) is 0 Å². The number of nitrogens with zero attached hydrogens (tertiary/aromatic N) is 3. The molecule has 1 aromatic heterocycles. The summed E-state index contributed by atoms with van der Waals surface area (Å²) in [5.41, 5.74) is 1.41. The molecule has 2 aromatic rings. The van der Waals surface area contributed by atoms with Crippen molar-refractivity contribution >= 4 is 11.5 Å². The number of rotatable bonds is 4. The smallest absolute Gasteiger partial charge is 0.164 e. The SMILES string of the molecule is CC(=O)c1c(F)cccc1N(C)Cc1cnccn1. The van der Waals surface area contributed by atoms with Crippen LogP contribution in [0.2, 0.25) is 0 Å². The van der Waals surface area contributed by atoms with E-state index in [-0.39, 0.29) is 11.3 Å². The summed E-state index contributed by atoms with van der Waals surface area (Å²) in [5, 5.41) is 0. The Kier molecular flexibility index (Phi) is 3.85. The first kappa shape index (κ1) is 13.1. The molecule has 0 amide bonds. The van der Waals surface area contributed by atoms with Gasteiger partial charge in [0.05, 0.1) is 29.7 Å². The number of aromatic nitrogens is 2. The van der Waals surface area contributed by atoms with Crippen molar-refractivity contribution in [1.82, 2.24) is 9.97 Å². The Morgan fingerprint density at radius 1 is 1.37 bits per heavy atom. The van der Waals surface area contributed by atoms with E-state index in [0.717, 1.165) is 5.69 Å². The van der Waals surface area contributed by atoms with Crippen LogP contribution in [0.1, 0.15) is 23.0 Å². The Hall–Kier alpha value is -2.30. The molecule has 98 valence electrons. The number of anilines is 1. The number of halogens is 1. The van der Waals surface area contributed by atoms with E-state index in [4.69, 9.17) is 0 Å². The molecule has 1 heterocycles. The monoisotopic (exact) mass is 259 g/mol. The lowest BCUT2D eigenvalue weighted by Gasteiger charge is -2.21. The topological polar surface area (TPSA) is 46.1 Å². The van der Waals surface area contributed by atoms with Crippen molar-refractivity contribution < 1.29 is 9.18 Å². The molecule has 0 atom stereocenters. The highest BCUT2D eigenvalue weighted by Gasteiger charge is 2.16. The predicted molar refractivity (Wildman–Crippen MR) is 70.5 cm³/mol. The molecule has 0 aliphatic carbocycles. The fourth-order valence-corrected chi connectivity index (χ4v) is 1.92. The quantitative estimate of drug-likeness (QED) is 0.791.